The van der Waals surface area contributed by atoms with Gasteiger partial charge in [-0.3, -0.25) is 4.79 Å². The van der Waals surface area contributed by atoms with Crippen LogP contribution in [0.4, 0.5) is 0 Å². The second-order valence-electron chi connectivity index (χ2n) is 4.71. The Balaban J connectivity index is 2.61. The number of ketones is 1. The van der Waals surface area contributed by atoms with E-state index in [1.807, 2.05) is 0 Å². The molecule has 0 saturated heterocycles. The van der Waals surface area contributed by atoms with Crippen molar-refractivity contribution in [3.05, 3.63) is 39.9 Å². The molecule has 2 rings (SSSR count). The van der Waals surface area contributed by atoms with Gasteiger partial charge in [-0.15, -0.1) is 11.6 Å². The zero-order chi connectivity index (χ0) is 17.6. The fraction of sp³-hybridized carbons (Fsp3) is 0.231. The molecular weight excluding hydrogens is 427 g/mol. The van der Waals surface area contributed by atoms with Crippen molar-refractivity contribution in [3.63, 3.8) is 0 Å². The molecule has 0 aromatic heterocycles. The van der Waals surface area contributed by atoms with Crippen LogP contribution in [-0.2, 0) is 14.8 Å². The highest BCUT2D eigenvalue weighted by molar-refractivity contribution is 7.90. The van der Waals surface area contributed by atoms with E-state index in [-0.39, 0.29) is 10.6 Å². The number of rotatable bonds is 2. The summed E-state index contributed by atoms with van der Waals surface area (Å²) in [6.07, 6.45) is 0. The number of aryl methyl sites for hydroxylation is 1. The van der Waals surface area contributed by atoms with Gasteiger partial charge < -0.3 is 0 Å². The summed E-state index contributed by atoms with van der Waals surface area (Å²) in [5, 5.41) is -2.40. The zero-order valence-electron chi connectivity index (χ0n) is 11.4. The van der Waals surface area contributed by atoms with Crippen LogP contribution in [0.2, 0.25) is 0 Å². The van der Waals surface area contributed by atoms with Crippen LogP contribution < -0.4 is 0 Å². The van der Waals surface area contributed by atoms with Gasteiger partial charge in [-0.1, -0.05) is 64.1 Å². The zero-order valence-corrected chi connectivity index (χ0v) is 16.0. The number of alkyl halides is 3. The SMILES string of the molecule is Cc1ccc(S(=O)(=O)N=C2C(Cl)=C(Cl)C(=O)C(Cl)(Cl)[C@@H]2Cl)cc1. The highest BCUT2D eigenvalue weighted by Gasteiger charge is 2.51. The molecule has 1 aliphatic carbocycles. The summed E-state index contributed by atoms with van der Waals surface area (Å²) in [5.41, 5.74) is 0.486. The summed E-state index contributed by atoms with van der Waals surface area (Å²) in [4.78, 5) is 11.8. The summed E-state index contributed by atoms with van der Waals surface area (Å²) in [6.45, 7) is 1.80. The van der Waals surface area contributed by atoms with Crippen LogP contribution in [0.5, 0.6) is 0 Å². The number of Topliss-reactive ketones (excluding diaryl/α,β-unsaturated/α-hetero) is 1. The van der Waals surface area contributed by atoms with Crippen molar-refractivity contribution in [3.8, 4) is 0 Å². The normalized spacial score (nSPS) is 23.5. The van der Waals surface area contributed by atoms with E-state index in [1.165, 1.54) is 12.1 Å². The maximum Gasteiger partial charge on any atom is 0.282 e. The fourth-order valence-corrected chi connectivity index (χ4v) is 4.17. The van der Waals surface area contributed by atoms with Gasteiger partial charge in [-0.25, -0.2) is 0 Å². The van der Waals surface area contributed by atoms with E-state index in [1.54, 1.807) is 19.1 Å². The summed E-state index contributed by atoms with van der Waals surface area (Å²) in [6, 6.07) is 5.96. The lowest BCUT2D eigenvalue weighted by Gasteiger charge is -2.29. The number of benzene rings is 1. The molecule has 0 amide bonds. The Labute approximate surface area is 158 Å². The Hall–Kier alpha value is -0.300. The first-order valence-electron chi connectivity index (χ1n) is 6.02. The van der Waals surface area contributed by atoms with Crippen LogP contribution >= 0.6 is 58.0 Å². The first-order valence-corrected chi connectivity index (χ1v) is 9.41. The van der Waals surface area contributed by atoms with Gasteiger partial charge in [-0.05, 0) is 19.1 Å². The third-order valence-electron chi connectivity index (χ3n) is 3.02. The van der Waals surface area contributed by atoms with Crippen LogP contribution in [-0.4, -0.2) is 29.6 Å². The standard InChI is InChI=1S/C13H8Cl5NO3S/c1-6-2-4-7(5-3-6)23(21,22)19-10-8(14)9(15)12(20)13(17,18)11(10)16/h2-5,11H,1H3/t11-/m1/s1. The van der Waals surface area contributed by atoms with E-state index in [2.05, 4.69) is 4.40 Å². The molecule has 0 heterocycles. The van der Waals surface area contributed by atoms with Crippen LogP contribution in [0.25, 0.3) is 0 Å². The minimum Gasteiger partial charge on any atom is -0.290 e. The fourth-order valence-electron chi connectivity index (χ4n) is 1.74. The maximum atomic E-state index is 12.4. The van der Waals surface area contributed by atoms with Crippen molar-refractivity contribution >= 4 is 79.5 Å². The van der Waals surface area contributed by atoms with Crippen molar-refractivity contribution in [1.82, 2.24) is 0 Å². The number of halogens is 5. The Bertz CT molecular complexity index is 828. The van der Waals surface area contributed by atoms with E-state index in [4.69, 9.17) is 58.0 Å². The summed E-state index contributed by atoms with van der Waals surface area (Å²) in [7, 11) is -4.14. The quantitative estimate of drug-likeness (QED) is 0.655. The predicted molar refractivity (Wildman–Crippen MR) is 93.6 cm³/mol. The second-order valence-corrected chi connectivity index (χ2v) is 8.89. The van der Waals surface area contributed by atoms with E-state index in [0.29, 0.717) is 0 Å². The molecule has 0 bridgehead atoms. The highest BCUT2D eigenvalue weighted by atomic mass is 35.5. The molecule has 0 fully saturated rings. The number of nitrogens with zero attached hydrogens (tertiary/aromatic N) is 1. The average molecular weight is 436 g/mol. The number of hydrogen-bond acceptors (Lipinski definition) is 3. The molecule has 0 aliphatic heterocycles. The number of hydrogen-bond donors (Lipinski definition) is 0. The topological polar surface area (TPSA) is 63.6 Å². The molecule has 0 saturated carbocycles. The van der Waals surface area contributed by atoms with Crippen molar-refractivity contribution < 1.29 is 13.2 Å². The van der Waals surface area contributed by atoms with Crippen molar-refractivity contribution in [1.29, 1.82) is 0 Å². The van der Waals surface area contributed by atoms with Crippen LogP contribution in [0, 0.1) is 6.92 Å². The molecule has 10 heteroatoms. The lowest BCUT2D eigenvalue weighted by atomic mass is 10.0. The van der Waals surface area contributed by atoms with Gasteiger partial charge in [0.25, 0.3) is 10.0 Å². The molecular formula is C13H8Cl5NO3S. The van der Waals surface area contributed by atoms with Gasteiger partial charge >= 0.3 is 0 Å². The number of sulfonamides is 1. The van der Waals surface area contributed by atoms with Crippen LogP contribution in [0.15, 0.2) is 43.6 Å². The smallest absolute Gasteiger partial charge is 0.282 e. The lowest BCUT2D eigenvalue weighted by molar-refractivity contribution is -0.115. The van der Waals surface area contributed by atoms with E-state index in [9.17, 15) is 13.2 Å². The molecule has 1 atom stereocenters. The summed E-state index contributed by atoms with van der Waals surface area (Å²) >= 11 is 29.4. The molecule has 1 aliphatic rings. The van der Waals surface area contributed by atoms with E-state index < -0.39 is 35.6 Å². The van der Waals surface area contributed by atoms with Crippen molar-refractivity contribution in [2.45, 2.75) is 21.5 Å². The van der Waals surface area contributed by atoms with Gasteiger partial charge in [0.1, 0.15) is 10.4 Å². The molecule has 1 aromatic rings. The molecule has 0 spiro atoms. The highest BCUT2D eigenvalue weighted by Crippen LogP contribution is 2.42. The monoisotopic (exact) mass is 433 g/mol. The van der Waals surface area contributed by atoms with Crippen LogP contribution in [0.1, 0.15) is 5.56 Å². The largest absolute Gasteiger partial charge is 0.290 e. The third-order valence-corrected chi connectivity index (χ3v) is 6.70. The van der Waals surface area contributed by atoms with Gasteiger partial charge in [-0.2, -0.15) is 12.8 Å². The molecule has 0 N–H and O–H groups in total. The number of carbonyl (C=O) groups excluding carboxylic acids is 1. The maximum absolute atomic E-state index is 12.4. The summed E-state index contributed by atoms with van der Waals surface area (Å²) < 4.78 is 26.1. The van der Waals surface area contributed by atoms with Crippen molar-refractivity contribution in [2.75, 3.05) is 0 Å². The number of carbonyl (C=O) groups is 1. The van der Waals surface area contributed by atoms with E-state index >= 15 is 0 Å². The van der Waals surface area contributed by atoms with Gasteiger partial charge in [0.15, 0.2) is 0 Å². The van der Waals surface area contributed by atoms with Gasteiger partial charge in [0.2, 0.25) is 10.1 Å². The summed E-state index contributed by atoms with van der Waals surface area (Å²) in [5.74, 6) is -0.917. The second kappa shape index (κ2) is 6.54. The minimum absolute atomic E-state index is 0.0771. The lowest BCUT2D eigenvalue weighted by Crippen LogP contribution is -2.45. The Morgan fingerprint density at radius 2 is 1.61 bits per heavy atom. The predicted octanol–water partition coefficient (Wildman–Crippen LogP) is 4.18. The Morgan fingerprint density at radius 3 is 2.13 bits per heavy atom. The molecule has 0 unspecified atom stereocenters. The molecule has 23 heavy (non-hydrogen) atoms. The average Bonchev–Trinajstić information content (AvgIpc) is 2.49. The first-order chi connectivity index (χ1) is 10.5. The van der Waals surface area contributed by atoms with Gasteiger partial charge in [0, 0.05) is 0 Å². The van der Waals surface area contributed by atoms with Gasteiger partial charge in [0.05, 0.1) is 15.6 Å². The van der Waals surface area contributed by atoms with Crippen LogP contribution in [0.3, 0.4) is 0 Å². The molecule has 0 radical (unpaired) electrons. The minimum atomic E-state index is -4.14. The molecule has 4 nitrogen and oxygen atoms in total. The van der Waals surface area contributed by atoms with E-state index in [0.717, 1.165) is 5.56 Å². The Kier molecular flexibility index (Phi) is 5.41. The molecule has 124 valence electrons. The first kappa shape index (κ1) is 19.0. The Morgan fingerprint density at radius 1 is 1.09 bits per heavy atom. The number of allylic oxidation sites excluding steroid dienone is 2. The van der Waals surface area contributed by atoms with Crippen molar-refractivity contribution in [2.24, 2.45) is 4.40 Å². The third kappa shape index (κ3) is 3.55. The molecule has 1 aromatic carbocycles.